The van der Waals surface area contributed by atoms with Crippen molar-refractivity contribution in [2.24, 2.45) is 5.92 Å². The monoisotopic (exact) mass is 437 g/mol. The molecule has 1 aliphatic carbocycles. The van der Waals surface area contributed by atoms with E-state index in [1.54, 1.807) is 0 Å². The third kappa shape index (κ3) is 4.87. The zero-order chi connectivity index (χ0) is 22.6. The maximum Gasteiger partial charge on any atom is 0.303 e. The lowest BCUT2D eigenvalue weighted by Crippen LogP contribution is -2.16. The van der Waals surface area contributed by atoms with E-state index in [-0.39, 0.29) is 0 Å². The summed E-state index contributed by atoms with van der Waals surface area (Å²) in [5, 5.41) is 16.4. The predicted molar refractivity (Wildman–Crippen MR) is 130 cm³/mol. The van der Waals surface area contributed by atoms with Crippen LogP contribution in [-0.4, -0.2) is 26.3 Å². The number of carboxylic acid groups (broad SMARTS) is 1. The van der Waals surface area contributed by atoms with Gasteiger partial charge in [-0.05, 0) is 54.2 Å². The van der Waals surface area contributed by atoms with Gasteiger partial charge in [0.05, 0.1) is 0 Å². The van der Waals surface area contributed by atoms with Crippen LogP contribution in [0.5, 0.6) is 0 Å². The highest BCUT2D eigenvalue weighted by Crippen LogP contribution is 2.37. The van der Waals surface area contributed by atoms with E-state index < -0.39 is 5.97 Å². The average Bonchev–Trinajstić information content (AvgIpc) is 3.36. The van der Waals surface area contributed by atoms with Crippen LogP contribution in [-0.2, 0) is 4.79 Å². The van der Waals surface area contributed by atoms with Gasteiger partial charge in [-0.15, -0.1) is 0 Å². The Bertz CT molecular complexity index is 1210. The number of aromatic nitrogens is 3. The lowest BCUT2D eigenvalue weighted by Gasteiger charge is -2.28. The van der Waals surface area contributed by atoms with Crippen molar-refractivity contribution in [2.45, 2.75) is 38.0 Å². The fourth-order valence-corrected chi connectivity index (χ4v) is 4.82. The molecule has 0 saturated heterocycles. The third-order valence-electron chi connectivity index (χ3n) is 6.70. The van der Waals surface area contributed by atoms with Crippen LogP contribution < -0.4 is 0 Å². The number of aromatic amines is 1. The second-order valence-corrected chi connectivity index (χ2v) is 8.89. The number of nitrogens with one attached hydrogen (secondary N) is 1. The molecular formula is C28H27N3O2. The molecule has 5 rings (SSSR count). The minimum Gasteiger partial charge on any atom is -0.481 e. The summed E-state index contributed by atoms with van der Waals surface area (Å²) in [4.78, 5) is 15.6. The molecule has 0 amide bonds. The number of H-pyrrole nitrogens is 1. The molecule has 1 fully saturated rings. The summed E-state index contributed by atoms with van der Waals surface area (Å²) in [6.45, 7) is 0. The molecule has 1 saturated carbocycles. The van der Waals surface area contributed by atoms with E-state index in [2.05, 4.69) is 63.7 Å². The number of carboxylic acids is 1. The number of hydrogen-bond donors (Lipinski definition) is 2. The molecule has 0 spiro atoms. The van der Waals surface area contributed by atoms with Gasteiger partial charge in [-0.3, -0.25) is 9.89 Å². The van der Waals surface area contributed by atoms with Crippen LogP contribution >= 0.6 is 0 Å². The van der Waals surface area contributed by atoms with Crippen LogP contribution in [0.4, 0.5) is 0 Å². The number of rotatable bonds is 6. The molecule has 5 nitrogen and oxygen atoms in total. The number of carbonyl (C=O) groups is 1. The molecule has 0 radical (unpaired) electrons. The van der Waals surface area contributed by atoms with Crippen LogP contribution in [0.3, 0.4) is 0 Å². The van der Waals surface area contributed by atoms with Crippen molar-refractivity contribution >= 4 is 5.97 Å². The van der Waals surface area contributed by atoms with Crippen LogP contribution in [0.1, 0.15) is 43.6 Å². The van der Waals surface area contributed by atoms with Gasteiger partial charge in [0.2, 0.25) is 0 Å². The van der Waals surface area contributed by atoms with Gasteiger partial charge in [0.15, 0.2) is 11.6 Å². The molecule has 1 aromatic heterocycles. The molecule has 1 aliphatic rings. The maximum absolute atomic E-state index is 10.9. The largest absolute Gasteiger partial charge is 0.481 e. The average molecular weight is 438 g/mol. The van der Waals surface area contributed by atoms with E-state index in [1.165, 1.54) is 16.7 Å². The topological polar surface area (TPSA) is 78.9 Å². The third-order valence-corrected chi connectivity index (χ3v) is 6.70. The first-order valence-electron chi connectivity index (χ1n) is 11.6. The second-order valence-electron chi connectivity index (χ2n) is 8.89. The molecule has 5 heteroatoms. The van der Waals surface area contributed by atoms with Gasteiger partial charge in [-0.2, -0.15) is 5.10 Å². The van der Waals surface area contributed by atoms with Crippen LogP contribution in [0.15, 0.2) is 78.9 Å². The zero-order valence-electron chi connectivity index (χ0n) is 18.4. The Morgan fingerprint density at radius 3 is 2.03 bits per heavy atom. The summed E-state index contributed by atoms with van der Waals surface area (Å²) in [5.74, 6) is 1.66. The molecule has 1 heterocycles. The summed E-state index contributed by atoms with van der Waals surface area (Å²) in [6.07, 6.45) is 4.48. The Kier molecular flexibility index (Phi) is 6.03. The molecular weight excluding hydrogens is 410 g/mol. The van der Waals surface area contributed by atoms with Crippen molar-refractivity contribution < 1.29 is 9.90 Å². The lowest BCUT2D eigenvalue weighted by molar-refractivity contribution is -0.138. The van der Waals surface area contributed by atoms with E-state index in [0.717, 1.165) is 42.6 Å². The summed E-state index contributed by atoms with van der Waals surface area (Å²) < 4.78 is 0. The first-order valence-corrected chi connectivity index (χ1v) is 11.6. The fourth-order valence-electron chi connectivity index (χ4n) is 4.82. The standard InChI is InChI=1S/C28H27N3O2/c32-26(33)18-19-6-8-20(9-7-19)21-10-12-22(13-11-21)23-14-16-25(17-15-23)28-29-27(30-31-28)24-4-2-1-3-5-24/h1-5,10-17,19-20H,6-9,18H2,(H,32,33)(H,29,30,31). The van der Waals surface area contributed by atoms with Crippen molar-refractivity contribution in [3.05, 3.63) is 84.4 Å². The van der Waals surface area contributed by atoms with Gasteiger partial charge in [0, 0.05) is 17.5 Å². The SMILES string of the molecule is O=C(O)CC1CCC(c2ccc(-c3ccc(-c4nc(-c5ccccc5)n[nH]4)cc3)cc2)CC1. The highest BCUT2D eigenvalue weighted by atomic mass is 16.4. The summed E-state index contributed by atoms with van der Waals surface area (Å²) >= 11 is 0. The van der Waals surface area contributed by atoms with E-state index in [4.69, 9.17) is 5.11 Å². The number of benzene rings is 3. The Labute approximate surface area is 193 Å². The Balaban J connectivity index is 1.25. The molecule has 3 aromatic carbocycles. The zero-order valence-corrected chi connectivity index (χ0v) is 18.4. The van der Waals surface area contributed by atoms with Gasteiger partial charge in [-0.25, -0.2) is 4.98 Å². The van der Waals surface area contributed by atoms with Crippen molar-refractivity contribution in [2.75, 3.05) is 0 Å². The molecule has 4 aromatic rings. The second kappa shape index (κ2) is 9.41. The summed E-state index contributed by atoms with van der Waals surface area (Å²) in [6, 6.07) is 27.2. The Morgan fingerprint density at radius 1 is 0.788 bits per heavy atom. The minimum absolute atomic E-state index is 0.309. The Morgan fingerprint density at radius 2 is 1.39 bits per heavy atom. The van der Waals surface area contributed by atoms with Gasteiger partial charge >= 0.3 is 5.97 Å². The van der Waals surface area contributed by atoms with Crippen molar-refractivity contribution in [1.29, 1.82) is 0 Å². The minimum atomic E-state index is -0.672. The van der Waals surface area contributed by atoms with Crippen LogP contribution in [0, 0.1) is 5.92 Å². The number of nitrogens with zero attached hydrogens (tertiary/aromatic N) is 2. The van der Waals surface area contributed by atoms with E-state index in [1.807, 2.05) is 30.3 Å². The number of aliphatic carboxylic acids is 1. The fraction of sp³-hybridized carbons (Fsp3) is 0.250. The summed E-state index contributed by atoms with van der Waals surface area (Å²) in [5.41, 5.74) is 5.71. The van der Waals surface area contributed by atoms with E-state index in [0.29, 0.717) is 24.1 Å². The molecule has 166 valence electrons. The Hall–Kier alpha value is -3.73. The highest BCUT2D eigenvalue weighted by Gasteiger charge is 2.23. The van der Waals surface area contributed by atoms with E-state index in [9.17, 15) is 4.79 Å². The normalized spacial score (nSPS) is 18.2. The van der Waals surface area contributed by atoms with Crippen molar-refractivity contribution in [3.63, 3.8) is 0 Å². The molecule has 33 heavy (non-hydrogen) atoms. The van der Waals surface area contributed by atoms with Gasteiger partial charge < -0.3 is 5.11 Å². The number of hydrogen-bond acceptors (Lipinski definition) is 3. The first kappa shape index (κ1) is 21.1. The van der Waals surface area contributed by atoms with Crippen LogP contribution in [0.25, 0.3) is 33.9 Å². The lowest BCUT2D eigenvalue weighted by atomic mass is 9.77. The van der Waals surface area contributed by atoms with E-state index >= 15 is 0 Å². The van der Waals surface area contributed by atoms with Crippen LogP contribution in [0.2, 0.25) is 0 Å². The maximum atomic E-state index is 10.9. The smallest absolute Gasteiger partial charge is 0.303 e. The summed E-state index contributed by atoms with van der Waals surface area (Å²) in [7, 11) is 0. The predicted octanol–water partition coefficient (Wildman–Crippen LogP) is 6.55. The molecule has 0 aliphatic heterocycles. The van der Waals surface area contributed by atoms with Gasteiger partial charge in [-0.1, -0.05) is 78.9 Å². The molecule has 0 unspecified atom stereocenters. The van der Waals surface area contributed by atoms with Gasteiger partial charge in [0.1, 0.15) is 0 Å². The molecule has 0 atom stereocenters. The first-order chi connectivity index (χ1) is 16.2. The molecule has 2 N–H and O–H groups in total. The van der Waals surface area contributed by atoms with Crippen molar-refractivity contribution in [3.8, 4) is 33.9 Å². The highest BCUT2D eigenvalue weighted by molar-refractivity contribution is 5.69. The van der Waals surface area contributed by atoms with Crippen molar-refractivity contribution in [1.82, 2.24) is 15.2 Å². The van der Waals surface area contributed by atoms with Gasteiger partial charge in [0.25, 0.3) is 0 Å². The molecule has 0 bridgehead atoms. The quantitative estimate of drug-likeness (QED) is 0.358.